The van der Waals surface area contributed by atoms with Crippen LogP contribution in [0.3, 0.4) is 0 Å². The summed E-state index contributed by atoms with van der Waals surface area (Å²) in [6.07, 6.45) is 3.16. The van der Waals surface area contributed by atoms with Crippen molar-refractivity contribution in [3.05, 3.63) is 35.6 Å². The first-order valence-electron chi connectivity index (χ1n) is 6.56. The maximum absolute atomic E-state index is 13.4. The Hall–Kier alpha value is -1.38. The summed E-state index contributed by atoms with van der Waals surface area (Å²) < 4.78 is 13.4. The predicted molar refractivity (Wildman–Crippen MR) is 72.0 cm³/mol. The number of hydrogen-bond acceptors (Lipinski definition) is 1. The van der Waals surface area contributed by atoms with Gasteiger partial charge in [0, 0.05) is 6.04 Å². The molecule has 100 valence electrons. The third kappa shape index (κ3) is 4.86. The number of benzene rings is 1. The number of carbonyl (C=O) groups is 1. The average molecular weight is 251 g/mol. The molecule has 0 fully saturated rings. The quantitative estimate of drug-likeness (QED) is 0.819. The molecule has 0 aliphatic heterocycles. The Morgan fingerprint density at radius 2 is 1.89 bits per heavy atom. The van der Waals surface area contributed by atoms with Crippen LogP contribution in [0.4, 0.5) is 4.39 Å². The molecule has 1 atom stereocenters. The van der Waals surface area contributed by atoms with Crippen LogP contribution in [0, 0.1) is 11.7 Å². The summed E-state index contributed by atoms with van der Waals surface area (Å²) in [6.45, 7) is 6.32. The summed E-state index contributed by atoms with van der Waals surface area (Å²) in [5.74, 6) is -0.117. The fraction of sp³-hybridized carbons (Fsp3) is 0.533. The third-order valence-corrected chi connectivity index (χ3v) is 2.91. The lowest BCUT2D eigenvalue weighted by molar-refractivity contribution is 0.0933. The van der Waals surface area contributed by atoms with Crippen molar-refractivity contribution < 1.29 is 9.18 Å². The van der Waals surface area contributed by atoms with Crippen molar-refractivity contribution in [3.8, 4) is 0 Å². The van der Waals surface area contributed by atoms with Crippen molar-refractivity contribution in [1.29, 1.82) is 0 Å². The number of amides is 1. The molecular formula is C15H22FNO. The van der Waals surface area contributed by atoms with Crippen molar-refractivity contribution in [1.82, 2.24) is 5.32 Å². The standard InChI is InChI=1S/C15H22FNO/c1-11(2)7-6-8-12(3)17-15(18)13-9-4-5-10-14(13)16/h4-5,9-12H,6-8H2,1-3H3,(H,17,18). The van der Waals surface area contributed by atoms with E-state index in [-0.39, 0.29) is 17.5 Å². The molecule has 3 heteroatoms. The van der Waals surface area contributed by atoms with Gasteiger partial charge in [-0.1, -0.05) is 38.8 Å². The van der Waals surface area contributed by atoms with Crippen molar-refractivity contribution in [3.63, 3.8) is 0 Å². The fourth-order valence-corrected chi connectivity index (χ4v) is 1.85. The second-order valence-electron chi connectivity index (χ2n) is 5.18. The molecule has 2 nitrogen and oxygen atoms in total. The number of carbonyl (C=O) groups excluding carboxylic acids is 1. The van der Waals surface area contributed by atoms with Crippen LogP contribution in [0.15, 0.2) is 24.3 Å². The molecule has 18 heavy (non-hydrogen) atoms. The largest absolute Gasteiger partial charge is 0.349 e. The molecule has 1 amide bonds. The minimum absolute atomic E-state index is 0.0795. The maximum atomic E-state index is 13.4. The fourth-order valence-electron chi connectivity index (χ4n) is 1.85. The molecule has 0 spiro atoms. The highest BCUT2D eigenvalue weighted by Gasteiger charge is 2.13. The van der Waals surface area contributed by atoms with E-state index in [2.05, 4.69) is 19.2 Å². The first kappa shape index (κ1) is 14.7. The summed E-state index contributed by atoms with van der Waals surface area (Å²) in [7, 11) is 0. The van der Waals surface area contributed by atoms with Crippen LogP contribution in [-0.2, 0) is 0 Å². The summed E-state index contributed by atoms with van der Waals surface area (Å²) in [4.78, 5) is 11.8. The van der Waals surface area contributed by atoms with Crippen LogP contribution in [0.25, 0.3) is 0 Å². The molecule has 1 rings (SSSR count). The van der Waals surface area contributed by atoms with E-state index in [1.165, 1.54) is 12.1 Å². The smallest absolute Gasteiger partial charge is 0.254 e. The molecule has 0 aromatic heterocycles. The van der Waals surface area contributed by atoms with E-state index in [0.717, 1.165) is 19.3 Å². The van der Waals surface area contributed by atoms with Crippen molar-refractivity contribution in [2.24, 2.45) is 5.92 Å². The van der Waals surface area contributed by atoms with E-state index >= 15 is 0 Å². The van der Waals surface area contributed by atoms with Gasteiger partial charge in [0.15, 0.2) is 0 Å². The number of hydrogen-bond donors (Lipinski definition) is 1. The van der Waals surface area contributed by atoms with Crippen molar-refractivity contribution in [2.45, 2.75) is 46.1 Å². The zero-order valence-electron chi connectivity index (χ0n) is 11.4. The van der Waals surface area contributed by atoms with Gasteiger partial charge in [-0.2, -0.15) is 0 Å². The minimum Gasteiger partial charge on any atom is -0.349 e. The van der Waals surface area contributed by atoms with Crippen molar-refractivity contribution in [2.75, 3.05) is 0 Å². The van der Waals surface area contributed by atoms with Crippen LogP contribution in [0.1, 0.15) is 50.4 Å². The van der Waals surface area contributed by atoms with E-state index in [1.54, 1.807) is 12.1 Å². The van der Waals surface area contributed by atoms with Gasteiger partial charge in [-0.25, -0.2) is 4.39 Å². The van der Waals surface area contributed by atoms with Gasteiger partial charge in [-0.05, 0) is 31.4 Å². The highest BCUT2D eigenvalue weighted by molar-refractivity contribution is 5.94. The molecule has 0 radical (unpaired) electrons. The monoisotopic (exact) mass is 251 g/mol. The summed E-state index contributed by atoms with van der Waals surface area (Å²) in [5.41, 5.74) is 0.119. The van der Waals surface area contributed by atoms with Gasteiger partial charge in [0.1, 0.15) is 5.82 Å². The maximum Gasteiger partial charge on any atom is 0.254 e. The van der Waals surface area contributed by atoms with E-state index in [0.29, 0.717) is 5.92 Å². The number of nitrogens with one attached hydrogen (secondary N) is 1. The zero-order valence-corrected chi connectivity index (χ0v) is 11.4. The Kier molecular flexibility index (Phi) is 5.83. The number of halogens is 1. The van der Waals surface area contributed by atoms with Crippen LogP contribution in [0.5, 0.6) is 0 Å². The second kappa shape index (κ2) is 7.14. The Balaban J connectivity index is 2.43. The van der Waals surface area contributed by atoms with Gasteiger partial charge in [0.2, 0.25) is 0 Å². The average Bonchev–Trinajstić information content (AvgIpc) is 2.28. The van der Waals surface area contributed by atoms with E-state index in [4.69, 9.17) is 0 Å². The van der Waals surface area contributed by atoms with Gasteiger partial charge in [-0.3, -0.25) is 4.79 Å². The van der Waals surface area contributed by atoms with Crippen LogP contribution in [-0.4, -0.2) is 11.9 Å². The van der Waals surface area contributed by atoms with Gasteiger partial charge in [0.05, 0.1) is 5.56 Å². The molecule has 0 aliphatic carbocycles. The molecule has 0 aliphatic rings. The topological polar surface area (TPSA) is 29.1 Å². The first-order valence-corrected chi connectivity index (χ1v) is 6.56. The summed E-state index contributed by atoms with van der Waals surface area (Å²) in [6, 6.07) is 6.14. The van der Waals surface area contributed by atoms with Gasteiger partial charge in [-0.15, -0.1) is 0 Å². The lowest BCUT2D eigenvalue weighted by atomic mass is 10.0. The third-order valence-electron chi connectivity index (χ3n) is 2.91. The van der Waals surface area contributed by atoms with E-state index < -0.39 is 5.82 Å². The summed E-state index contributed by atoms with van der Waals surface area (Å²) >= 11 is 0. The predicted octanol–water partition coefficient (Wildman–Crippen LogP) is 3.77. The molecule has 0 bridgehead atoms. The normalized spacial score (nSPS) is 12.5. The Labute approximate surface area is 109 Å². The van der Waals surface area contributed by atoms with Gasteiger partial charge < -0.3 is 5.32 Å². The highest BCUT2D eigenvalue weighted by atomic mass is 19.1. The molecule has 0 saturated carbocycles. The van der Waals surface area contributed by atoms with Gasteiger partial charge >= 0.3 is 0 Å². The lowest BCUT2D eigenvalue weighted by Gasteiger charge is -2.14. The first-order chi connectivity index (χ1) is 8.50. The van der Waals surface area contributed by atoms with Crippen LogP contribution in [0.2, 0.25) is 0 Å². The molecular weight excluding hydrogens is 229 g/mol. The molecule has 1 aromatic carbocycles. The summed E-state index contributed by atoms with van der Waals surface area (Å²) in [5, 5.41) is 2.83. The number of rotatable bonds is 6. The highest BCUT2D eigenvalue weighted by Crippen LogP contribution is 2.10. The second-order valence-corrected chi connectivity index (χ2v) is 5.18. The minimum atomic E-state index is -0.468. The van der Waals surface area contributed by atoms with Crippen LogP contribution >= 0.6 is 0 Å². The lowest BCUT2D eigenvalue weighted by Crippen LogP contribution is -2.33. The molecule has 1 N–H and O–H groups in total. The Morgan fingerprint density at radius 3 is 2.50 bits per heavy atom. The van der Waals surface area contributed by atoms with E-state index in [1.807, 2.05) is 6.92 Å². The van der Waals surface area contributed by atoms with E-state index in [9.17, 15) is 9.18 Å². The van der Waals surface area contributed by atoms with Crippen molar-refractivity contribution >= 4 is 5.91 Å². The van der Waals surface area contributed by atoms with Crippen LogP contribution < -0.4 is 5.32 Å². The Bertz CT molecular complexity index is 390. The molecule has 0 heterocycles. The zero-order chi connectivity index (χ0) is 13.5. The molecule has 1 aromatic rings. The van der Waals surface area contributed by atoms with Gasteiger partial charge in [0.25, 0.3) is 5.91 Å². The SMILES string of the molecule is CC(C)CCCC(C)NC(=O)c1ccccc1F. The molecule has 0 saturated heterocycles. The Morgan fingerprint density at radius 1 is 1.22 bits per heavy atom. The molecule has 1 unspecified atom stereocenters.